The van der Waals surface area contributed by atoms with Crippen LogP contribution < -0.4 is 11.1 Å². The molecule has 0 unspecified atom stereocenters. The first-order valence-corrected chi connectivity index (χ1v) is 10.2. The second kappa shape index (κ2) is 8.32. The number of nitrogen functional groups attached to an aromatic ring is 1. The van der Waals surface area contributed by atoms with Gasteiger partial charge in [-0.3, -0.25) is 0 Å². The van der Waals surface area contributed by atoms with Crippen molar-refractivity contribution >= 4 is 29.0 Å². The second-order valence-electron chi connectivity index (χ2n) is 7.59. The molecule has 0 bridgehead atoms. The molecule has 3 N–H and O–H groups in total. The van der Waals surface area contributed by atoms with E-state index in [1.807, 2.05) is 25.1 Å². The van der Waals surface area contributed by atoms with Crippen LogP contribution >= 0.6 is 0 Å². The van der Waals surface area contributed by atoms with Gasteiger partial charge in [0, 0.05) is 29.1 Å². The molecule has 34 heavy (non-hydrogen) atoms. The molecule has 10 heteroatoms. The molecule has 2 amide bonds. The molecule has 4 aromatic rings. The summed E-state index contributed by atoms with van der Waals surface area (Å²) in [7, 11) is 0. The summed E-state index contributed by atoms with van der Waals surface area (Å²) >= 11 is 0. The van der Waals surface area contributed by atoms with Crippen LogP contribution in [-0.2, 0) is 4.84 Å². The summed E-state index contributed by atoms with van der Waals surface area (Å²) in [6, 6.07) is 11.6. The summed E-state index contributed by atoms with van der Waals surface area (Å²) in [5.41, 5.74) is 9.60. The Labute approximate surface area is 192 Å². The molecule has 8 nitrogen and oxygen atoms in total. The van der Waals surface area contributed by atoms with Crippen molar-refractivity contribution in [1.82, 2.24) is 19.7 Å². The van der Waals surface area contributed by atoms with E-state index < -0.39 is 17.7 Å². The van der Waals surface area contributed by atoms with Crippen molar-refractivity contribution in [1.29, 1.82) is 0 Å². The van der Waals surface area contributed by atoms with E-state index in [9.17, 15) is 13.6 Å². The maximum atomic E-state index is 13.8. The molecular weight excluding hydrogens is 442 g/mol. The number of halogens is 2. The average Bonchev–Trinajstić information content (AvgIpc) is 3.19. The summed E-state index contributed by atoms with van der Waals surface area (Å²) in [6.07, 6.45) is 6.13. The van der Waals surface area contributed by atoms with Gasteiger partial charge in [-0.15, -0.1) is 10.2 Å². The fourth-order valence-corrected chi connectivity index (χ4v) is 3.60. The number of amides is 2. The normalized spacial score (nSPS) is 13.0. The second-order valence-corrected chi connectivity index (χ2v) is 7.59. The van der Waals surface area contributed by atoms with E-state index in [2.05, 4.69) is 15.4 Å². The van der Waals surface area contributed by atoms with Crippen molar-refractivity contribution in [2.75, 3.05) is 11.1 Å². The third kappa shape index (κ3) is 4.04. The number of carbonyl (C=O) groups excluding carboxylic acids is 1. The number of nitrogens with two attached hydrogens (primary N) is 1. The van der Waals surface area contributed by atoms with Crippen LogP contribution in [0.5, 0.6) is 0 Å². The quantitative estimate of drug-likeness (QED) is 0.453. The van der Waals surface area contributed by atoms with Crippen LogP contribution in [0.3, 0.4) is 0 Å². The lowest BCUT2D eigenvalue weighted by atomic mass is 10.0. The van der Waals surface area contributed by atoms with Gasteiger partial charge in [-0.1, -0.05) is 12.1 Å². The molecule has 0 fully saturated rings. The number of nitrogens with zero attached hydrogens (tertiary/aromatic N) is 4. The number of carbonyl (C=O) groups is 1. The largest absolute Gasteiger partial charge is 0.378 e. The van der Waals surface area contributed by atoms with E-state index >= 15 is 0 Å². The van der Waals surface area contributed by atoms with Crippen molar-refractivity contribution < 1.29 is 18.4 Å². The fraction of sp³-hybridized carbons (Fsp3) is 0.0417. The number of rotatable bonds is 3. The summed E-state index contributed by atoms with van der Waals surface area (Å²) in [4.78, 5) is 22.6. The van der Waals surface area contributed by atoms with Crippen molar-refractivity contribution in [3.05, 3.63) is 95.9 Å². The Balaban J connectivity index is 1.43. The van der Waals surface area contributed by atoms with Gasteiger partial charge in [-0.2, -0.15) is 4.98 Å². The van der Waals surface area contributed by atoms with Gasteiger partial charge in [0.05, 0.1) is 5.70 Å². The minimum absolute atomic E-state index is 0.155. The van der Waals surface area contributed by atoms with Gasteiger partial charge in [0.25, 0.3) is 0 Å². The third-order valence-electron chi connectivity index (χ3n) is 5.22. The molecule has 0 aliphatic carbocycles. The Morgan fingerprint density at radius 1 is 1.03 bits per heavy atom. The lowest BCUT2D eigenvalue weighted by Gasteiger charge is -2.26. The highest BCUT2D eigenvalue weighted by molar-refractivity contribution is 5.96. The van der Waals surface area contributed by atoms with Crippen LogP contribution in [0.15, 0.2) is 73.1 Å². The van der Waals surface area contributed by atoms with E-state index in [1.54, 1.807) is 22.8 Å². The highest BCUT2D eigenvalue weighted by Crippen LogP contribution is 2.29. The Morgan fingerprint density at radius 2 is 1.79 bits per heavy atom. The van der Waals surface area contributed by atoms with E-state index in [1.165, 1.54) is 18.4 Å². The van der Waals surface area contributed by atoms with Gasteiger partial charge in [-0.25, -0.2) is 18.1 Å². The zero-order chi connectivity index (χ0) is 23.8. The minimum Gasteiger partial charge on any atom is -0.378 e. The summed E-state index contributed by atoms with van der Waals surface area (Å²) < 4.78 is 29.1. The summed E-state index contributed by atoms with van der Waals surface area (Å²) in [5.74, 6) is -1.35. The number of nitrogens with one attached hydrogen (secondary N) is 1. The van der Waals surface area contributed by atoms with Gasteiger partial charge < -0.3 is 15.9 Å². The Bertz CT molecular complexity index is 1470. The zero-order valence-electron chi connectivity index (χ0n) is 17.9. The minimum atomic E-state index is -0.763. The maximum absolute atomic E-state index is 13.8. The lowest BCUT2D eigenvalue weighted by molar-refractivity contribution is 0.000689. The van der Waals surface area contributed by atoms with Gasteiger partial charge in [0.15, 0.2) is 5.65 Å². The van der Waals surface area contributed by atoms with Gasteiger partial charge in [0.1, 0.15) is 17.9 Å². The number of anilines is 2. The number of benzene rings is 2. The van der Waals surface area contributed by atoms with E-state index in [4.69, 9.17) is 10.6 Å². The smallest absolute Gasteiger partial charge is 0.359 e. The van der Waals surface area contributed by atoms with Crippen LogP contribution in [0, 0.1) is 18.6 Å². The Kier molecular flexibility index (Phi) is 5.17. The number of allylic oxidation sites excluding steroid dienone is 2. The topological polar surface area (TPSA) is 97.8 Å². The number of aryl methyl sites for hydroxylation is 1. The van der Waals surface area contributed by atoms with Crippen LogP contribution in [-0.4, -0.2) is 25.7 Å². The molecule has 0 radical (unpaired) electrons. The van der Waals surface area contributed by atoms with Crippen LogP contribution in [0.2, 0.25) is 0 Å². The summed E-state index contributed by atoms with van der Waals surface area (Å²) in [5, 5.41) is 7.86. The SMILES string of the molecule is Cc1ccc(-c2ccc3nc(N)nn3c2)cc1NC(=O)N1OC=CC=C1c1cc(F)cc(F)c1. The molecule has 1 aliphatic heterocycles. The van der Waals surface area contributed by atoms with E-state index in [0.29, 0.717) is 11.3 Å². The number of hydrogen-bond donors (Lipinski definition) is 2. The standard InChI is InChI=1S/C24H18F2N6O2/c1-14-4-5-15(16-6-7-22-29-23(27)30-31(22)13-16)11-20(14)28-24(33)32-21(3-2-8-34-32)17-9-18(25)12-19(26)10-17/h2-13H,1H3,(H2,27,30)(H,28,33). The first-order chi connectivity index (χ1) is 16.4. The number of aromatic nitrogens is 3. The average molecular weight is 460 g/mol. The molecule has 5 rings (SSSR count). The van der Waals surface area contributed by atoms with Crippen molar-refractivity contribution in [3.63, 3.8) is 0 Å². The van der Waals surface area contributed by atoms with Gasteiger partial charge in [-0.05, 0) is 60.5 Å². The van der Waals surface area contributed by atoms with Crippen LogP contribution in [0.1, 0.15) is 11.1 Å². The monoisotopic (exact) mass is 460 g/mol. The maximum Gasteiger partial charge on any atom is 0.359 e. The lowest BCUT2D eigenvalue weighted by Crippen LogP contribution is -2.33. The number of urea groups is 1. The number of fused-ring (bicyclic) bond motifs is 1. The molecule has 0 atom stereocenters. The van der Waals surface area contributed by atoms with Crippen LogP contribution in [0.4, 0.5) is 25.2 Å². The molecule has 0 spiro atoms. The number of hydroxylamine groups is 2. The predicted molar refractivity (Wildman–Crippen MR) is 123 cm³/mol. The Hall–Kier alpha value is -4.73. The number of hydrogen-bond acceptors (Lipinski definition) is 5. The van der Waals surface area contributed by atoms with Gasteiger partial charge >= 0.3 is 6.03 Å². The van der Waals surface area contributed by atoms with Gasteiger partial charge in [0.2, 0.25) is 5.95 Å². The van der Waals surface area contributed by atoms with E-state index in [0.717, 1.165) is 40.0 Å². The molecule has 170 valence electrons. The fourth-order valence-electron chi connectivity index (χ4n) is 3.60. The molecule has 2 aromatic heterocycles. The molecule has 3 heterocycles. The first-order valence-electron chi connectivity index (χ1n) is 10.2. The predicted octanol–water partition coefficient (Wildman–Crippen LogP) is 4.90. The molecular formula is C24H18F2N6O2. The molecule has 0 saturated carbocycles. The van der Waals surface area contributed by atoms with Crippen molar-refractivity contribution in [3.8, 4) is 11.1 Å². The van der Waals surface area contributed by atoms with Crippen molar-refractivity contribution in [2.45, 2.75) is 6.92 Å². The molecule has 2 aromatic carbocycles. The van der Waals surface area contributed by atoms with Crippen LogP contribution in [0.25, 0.3) is 22.5 Å². The zero-order valence-corrected chi connectivity index (χ0v) is 17.9. The van der Waals surface area contributed by atoms with Crippen molar-refractivity contribution in [2.24, 2.45) is 0 Å². The number of pyridine rings is 1. The summed E-state index contributed by atoms with van der Waals surface area (Å²) in [6.45, 7) is 1.84. The highest BCUT2D eigenvalue weighted by Gasteiger charge is 2.24. The third-order valence-corrected chi connectivity index (χ3v) is 5.22. The Morgan fingerprint density at radius 3 is 2.59 bits per heavy atom. The molecule has 0 saturated heterocycles. The molecule has 1 aliphatic rings. The highest BCUT2D eigenvalue weighted by atomic mass is 19.1. The first kappa shape index (κ1) is 21.1. The van der Waals surface area contributed by atoms with E-state index in [-0.39, 0.29) is 17.2 Å².